The largest absolute Gasteiger partial charge is 0.339 e. The SMILES string of the molecule is Cc1cc(Nc2cc3c(-c4cnn(C)c4)nccc3cn2)c(Cl)cc1-c1cnn(C)c1. The van der Waals surface area contributed by atoms with Gasteiger partial charge in [0.25, 0.3) is 0 Å². The molecular formula is C23H20ClN7. The van der Waals surface area contributed by atoms with Crippen molar-refractivity contribution in [3.8, 4) is 22.4 Å². The van der Waals surface area contributed by atoms with Crippen molar-refractivity contribution in [1.29, 1.82) is 0 Å². The predicted octanol–water partition coefficient (Wildman–Crippen LogP) is 5.14. The number of anilines is 2. The van der Waals surface area contributed by atoms with Gasteiger partial charge < -0.3 is 5.32 Å². The number of rotatable bonds is 4. The molecule has 0 aliphatic carbocycles. The highest BCUT2D eigenvalue weighted by atomic mass is 35.5. The Labute approximate surface area is 184 Å². The predicted molar refractivity (Wildman–Crippen MR) is 123 cm³/mol. The lowest BCUT2D eigenvalue weighted by Crippen LogP contribution is -1.97. The third-order valence-electron chi connectivity index (χ3n) is 5.22. The number of halogens is 1. The molecule has 0 atom stereocenters. The van der Waals surface area contributed by atoms with Gasteiger partial charge >= 0.3 is 0 Å². The molecule has 0 aliphatic rings. The standard InChI is InChI=1S/C23H20ClN7/c1-14-6-21(20(24)7-18(14)16-10-27-30(2)12-16)29-22-8-19-15(9-26-22)4-5-25-23(19)17-11-28-31(3)13-17/h4-13H,1-3H3,(H,26,29). The molecule has 0 saturated carbocycles. The second-order valence-corrected chi connectivity index (χ2v) is 7.93. The van der Waals surface area contributed by atoms with Crippen molar-refractivity contribution in [2.75, 3.05) is 5.32 Å². The summed E-state index contributed by atoms with van der Waals surface area (Å²) < 4.78 is 3.55. The van der Waals surface area contributed by atoms with Crippen molar-refractivity contribution < 1.29 is 0 Å². The van der Waals surface area contributed by atoms with Crippen LogP contribution in [0.2, 0.25) is 5.02 Å². The van der Waals surface area contributed by atoms with Gasteiger partial charge in [-0.2, -0.15) is 10.2 Å². The minimum Gasteiger partial charge on any atom is -0.339 e. The molecule has 0 aliphatic heterocycles. The van der Waals surface area contributed by atoms with Crippen molar-refractivity contribution in [3.63, 3.8) is 0 Å². The molecule has 8 heteroatoms. The number of fused-ring (bicyclic) bond motifs is 1. The molecule has 5 aromatic rings. The highest BCUT2D eigenvalue weighted by Gasteiger charge is 2.12. The van der Waals surface area contributed by atoms with E-state index in [1.165, 1.54) is 0 Å². The summed E-state index contributed by atoms with van der Waals surface area (Å²) in [5.74, 6) is 0.695. The normalized spacial score (nSPS) is 11.2. The van der Waals surface area contributed by atoms with Gasteiger partial charge in [-0.1, -0.05) is 11.6 Å². The van der Waals surface area contributed by atoms with Crippen molar-refractivity contribution in [3.05, 3.63) is 72.0 Å². The average molecular weight is 430 g/mol. The lowest BCUT2D eigenvalue weighted by atomic mass is 10.0. The van der Waals surface area contributed by atoms with Crippen LogP contribution in [0, 0.1) is 6.92 Å². The van der Waals surface area contributed by atoms with Gasteiger partial charge in [0.15, 0.2) is 0 Å². The second kappa shape index (κ2) is 7.52. The Kier molecular flexibility index (Phi) is 4.67. The zero-order chi connectivity index (χ0) is 21.5. The van der Waals surface area contributed by atoms with Crippen LogP contribution in [-0.4, -0.2) is 29.5 Å². The summed E-state index contributed by atoms with van der Waals surface area (Å²) in [5.41, 5.74) is 5.80. The minimum atomic E-state index is 0.616. The van der Waals surface area contributed by atoms with Gasteiger partial charge in [0.1, 0.15) is 5.82 Å². The molecule has 4 aromatic heterocycles. The van der Waals surface area contributed by atoms with E-state index in [4.69, 9.17) is 11.6 Å². The molecule has 0 amide bonds. The van der Waals surface area contributed by atoms with Crippen LogP contribution in [0.4, 0.5) is 11.5 Å². The van der Waals surface area contributed by atoms with Gasteiger partial charge in [-0.05, 0) is 42.3 Å². The number of benzene rings is 1. The van der Waals surface area contributed by atoms with Crippen molar-refractivity contribution in [1.82, 2.24) is 29.5 Å². The van der Waals surface area contributed by atoms with E-state index in [9.17, 15) is 0 Å². The Bertz CT molecular complexity index is 1420. The van der Waals surface area contributed by atoms with Crippen molar-refractivity contribution in [2.24, 2.45) is 14.1 Å². The molecule has 0 saturated heterocycles. The number of hydrogen-bond acceptors (Lipinski definition) is 5. The second-order valence-electron chi connectivity index (χ2n) is 7.53. The molecule has 154 valence electrons. The highest BCUT2D eigenvalue weighted by molar-refractivity contribution is 6.33. The van der Waals surface area contributed by atoms with Crippen LogP contribution in [0.3, 0.4) is 0 Å². The Morgan fingerprint density at radius 1 is 0.903 bits per heavy atom. The number of aryl methyl sites for hydroxylation is 3. The van der Waals surface area contributed by atoms with Crippen LogP contribution in [0.1, 0.15) is 5.56 Å². The molecule has 1 N–H and O–H groups in total. The fourth-order valence-electron chi connectivity index (χ4n) is 3.69. The lowest BCUT2D eigenvalue weighted by Gasteiger charge is -2.13. The van der Waals surface area contributed by atoms with Gasteiger partial charge in [0, 0.05) is 60.8 Å². The smallest absolute Gasteiger partial charge is 0.131 e. The van der Waals surface area contributed by atoms with E-state index in [1.807, 2.05) is 69.3 Å². The number of hydrogen-bond donors (Lipinski definition) is 1. The zero-order valence-electron chi connectivity index (χ0n) is 17.3. The van der Waals surface area contributed by atoms with Crippen molar-refractivity contribution >= 4 is 33.9 Å². The van der Waals surface area contributed by atoms with Gasteiger partial charge in [-0.3, -0.25) is 14.3 Å². The molecule has 1 aromatic carbocycles. The first-order valence-electron chi connectivity index (χ1n) is 9.78. The topological polar surface area (TPSA) is 73.5 Å². The van der Waals surface area contributed by atoms with Gasteiger partial charge in [0.05, 0.1) is 28.8 Å². The minimum absolute atomic E-state index is 0.616. The fraction of sp³-hybridized carbons (Fsp3) is 0.130. The van der Waals surface area contributed by atoms with E-state index in [0.29, 0.717) is 10.8 Å². The number of nitrogens with zero attached hydrogens (tertiary/aromatic N) is 6. The summed E-state index contributed by atoms with van der Waals surface area (Å²) in [7, 11) is 3.79. The van der Waals surface area contributed by atoms with E-state index in [0.717, 1.165) is 44.4 Å². The Morgan fingerprint density at radius 3 is 2.35 bits per heavy atom. The van der Waals surface area contributed by atoms with E-state index in [1.54, 1.807) is 15.6 Å². The summed E-state index contributed by atoms with van der Waals surface area (Å²) >= 11 is 6.62. The quantitative estimate of drug-likeness (QED) is 0.428. The van der Waals surface area contributed by atoms with E-state index in [2.05, 4.69) is 32.4 Å². The molecule has 31 heavy (non-hydrogen) atoms. The highest BCUT2D eigenvalue weighted by Crippen LogP contribution is 2.34. The van der Waals surface area contributed by atoms with Crippen LogP contribution in [0.15, 0.2) is 61.4 Å². The first-order valence-corrected chi connectivity index (χ1v) is 10.2. The third-order valence-corrected chi connectivity index (χ3v) is 5.53. The van der Waals surface area contributed by atoms with Gasteiger partial charge in [0.2, 0.25) is 0 Å². The first-order chi connectivity index (χ1) is 15.0. The third kappa shape index (κ3) is 3.64. The number of aromatic nitrogens is 6. The maximum absolute atomic E-state index is 6.62. The van der Waals surface area contributed by atoms with Gasteiger partial charge in [-0.25, -0.2) is 4.98 Å². The van der Waals surface area contributed by atoms with Crippen molar-refractivity contribution in [2.45, 2.75) is 6.92 Å². The van der Waals surface area contributed by atoms with Crippen LogP contribution in [-0.2, 0) is 14.1 Å². The molecule has 0 bridgehead atoms. The maximum Gasteiger partial charge on any atom is 0.131 e. The molecule has 0 fully saturated rings. The summed E-state index contributed by atoms with van der Waals surface area (Å²) in [4.78, 5) is 9.14. The van der Waals surface area contributed by atoms with E-state index < -0.39 is 0 Å². The fourth-order valence-corrected chi connectivity index (χ4v) is 3.90. The lowest BCUT2D eigenvalue weighted by molar-refractivity contribution is 0.768. The molecule has 5 rings (SSSR count). The van der Waals surface area contributed by atoms with Gasteiger partial charge in [-0.15, -0.1) is 0 Å². The monoisotopic (exact) mass is 429 g/mol. The van der Waals surface area contributed by atoms with Crippen LogP contribution in [0.5, 0.6) is 0 Å². The molecule has 7 nitrogen and oxygen atoms in total. The Morgan fingerprint density at radius 2 is 1.65 bits per heavy atom. The molecule has 0 unspecified atom stereocenters. The van der Waals surface area contributed by atoms with Crippen LogP contribution < -0.4 is 5.32 Å². The van der Waals surface area contributed by atoms with E-state index >= 15 is 0 Å². The van der Waals surface area contributed by atoms with E-state index in [-0.39, 0.29) is 0 Å². The zero-order valence-corrected chi connectivity index (χ0v) is 18.1. The molecule has 0 spiro atoms. The summed E-state index contributed by atoms with van der Waals surface area (Å²) in [6.45, 7) is 2.06. The van der Waals surface area contributed by atoms with Crippen LogP contribution in [0.25, 0.3) is 33.2 Å². The molecular weight excluding hydrogens is 410 g/mol. The number of pyridine rings is 2. The number of nitrogens with one attached hydrogen (secondary N) is 1. The first kappa shape index (κ1) is 19.3. The Hall–Kier alpha value is -3.71. The summed E-state index contributed by atoms with van der Waals surface area (Å²) in [6, 6.07) is 7.93. The summed E-state index contributed by atoms with van der Waals surface area (Å²) in [6.07, 6.45) is 11.2. The van der Waals surface area contributed by atoms with Crippen LogP contribution >= 0.6 is 11.6 Å². The molecule has 4 heterocycles. The Balaban J connectivity index is 1.53. The average Bonchev–Trinajstić information content (AvgIpc) is 3.38. The maximum atomic E-state index is 6.62. The molecule has 0 radical (unpaired) electrons. The summed E-state index contributed by atoms with van der Waals surface area (Å²) in [5, 5.41) is 14.5.